The Bertz CT molecular complexity index is 373. The van der Waals surface area contributed by atoms with Crippen molar-refractivity contribution in [2.24, 2.45) is 0 Å². The van der Waals surface area contributed by atoms with Crippen LogP contribution in [0.15, 0.2) is 12.3 Å². The quantitative estimate of drug-likeness (QED) is 0.755. The van der Waals surface area contributed by atoms with E-state index in [2.05, 4.69) is 9.84 Å². The zero-order valence-corrected chi connectivity index (χ0v) is 8.78. The third kappa shape index (κ3) is 2.53. The van der Waals surface area contributed by atoms with Gasteiger partial charge in [-0.05, 0) is 19.9 Å². The highest BCUT2D eigenvalue weighted by molar-refractivity contribution is 5.87. The smallest absolute Gasteiger partial charge is 0.410 e. The van der Waals surface area contributed by atoms with Crippen molar-refractivity contribution in [3.8, 4) is 0 Å². The Balaban J connectivity index is 2.99. The van der Waals surface area contributed by atoms with Gasteiger partial charge in [-0.1, -0.05) is 0 Å². The van der Waals surface area contributed by atoms with Gasteiger partial charge in [-0.3, -0.25) is 0 Å². The lowest BCUT2D eigenvalue weighted by atomic mass is 10.3. The molecule has 0 aliphatic rings. The molecule has 0 aliphatic carbocycles. The van der Waals surface area contributed by atoms with Crippen LogP contribution in [0.3, 0.4) is 0 Å². The second kappa shape index (κ2) is 4.54. The van der Waals surface area contributed by atoms with E-state index < -0.39 is 18.2 Å². The summed E-state index contributed by atoms with van der Waals surface area (Å²) in [5.74, 6) is -0.809. The van der Waals surface area contributed by atoms with Gasteiger partial charge in [-0.2, -0.15) is 18.3 Å². The molecule has 1 aromatic heterocycles. The van der Waals surface area contributed by atoms with Gasteiger partial charge in [-0.25, -0.2) is 9.48 Å². The van der Waals surface area contributed by atoms with E-state index in [9.17, 15) is 18.0 Å². The van der Waals surface area contributed by atoms with E-state index in [1.807, 2.05) is 0 Å². The number of hydrogen-bond donors (Lipinski definition) is 0. The van der Waals surface area contributed by atoms with Crippen molar-refractivity contribution in [1.82, 2.24) is 9.78 Å². The van der Waals surface area contributed by atoms with E-state index in [1.54, 1.807) is 6.92 Å². The summed E-state index contributed by atoms with van der Waals surface area (Å²) in [6.45, 7) is 2.60. The maximum atomic E-state index is 12.4. The molecule has 1 rings (SSSR count). The minimum absolute atomic E-state index is 0.102. The van der Waals surface area contributed by atoms with Gasteiger partial charge < -0.3 is 4.74 Å². The Kier molecular flexibility index (Phi) is 3.56. The van der Waals surface area contributed by atoms with Gasteiger partial charge in [0.05, 0.1) is 6.61 Å². The second-order valence-electron chi connectivity index (χ2n) is 3.10. The second-order valence-corrected chi connectivity index (χ2v) is 3.10. The van der Waals surface area contributed by atoms with Crippen molar-refractivity contribution in [2.45, 2.75) is 26.1 Å². The number of hydrogen-bond acceptors (Lipinski definition) is 3. The summed E-state index contributed by atoms with van der Waals surface area (Å²) in [7, 11) is 0. The molecule has 4 nitrogen and oxygen atoms in total. The number of ether oxygens (including phenoxy) is 1. The molecular weight excluding hydrogens is 225 g/mol. The van der Waals surface area contributed by atoms with E-state index in [0.29, 0.717) is 4.68 Å². The maximum Gasteiger partial charge on any atom is 0.410 e. The van der Waals surface area contributed by atoms with Crippen LogP contribution < -0.4 is 0 Å². The molecule has 0 N–H and O–H groups in total. The largest absolute Gasteiger partial charge is 0.461 e. The molecule has 0 aliphatic heterocycles. The number of carbonyl (C=O) groups is 1. The van der Waals surface area contributed by atoms with Crippen molar-refractivity contribution in [1.29, 1.82) is 0 Å². The fraction of sp³-hybridized carbons (Fsp3) is 0.556. The summed E-state index contributed by atoms with van der Waals surface area (Å²) in [6.07, 6.45) is -3.32. The Morgan fingerprint density at radius 1 is 1.62 bits per heavy atom. The summed E-state index contributed by atoms with van der Waals surface area (Å²) in [5.41, 5.74) is -0.202. The molecule has 0 saturated carbocycles. The average Bonchev–Trinajstić information content (AvgIpc) is 2.63. The van der Waals surface area contributed by atoms with E-state index in [0.717, 1.165) is 13.1 Å². The molecule has 0 bridgehead atoms. The molecule has 0 radical (unpaired) electrons. The van der Waals surface area contributed by atoms with Crippen molar-refractivity contribution in [2.75, 3.05) is 6.61 Å². The van der Waals surface area contributed by atoms with Crippen LogP contribution in [0.5, 0.6) is 0 Å². The zero-order valence-electron chi connectivity index (χ0n) is 8.78. The molecule has 1 unspecified atom stereocenters. The van der Waals surface area contributed by atoms with Crippen LogP contribution in [0.4, 0.5) is 13.2 Å². The van der Waals surface area contributed by atoms with E-state index in [-0.39, 0.29) is 12.3 Å². The molecule has 0 aromatic carbocycles. The Labute approximate surface area is 90.0 Å². The number of rotatable bonds is 3. The minimum atomic E-state index is -4.45. The number of nitrogens with zero attached hydrogens (tertiary/aromatic N) is 2. The van der Waals surface area contributed by atoms with Gasteiger partial charge >= 0.3 is 12.1 Å². The van der Waals surface area contributed by atoms with Crippen molar-refractivity contribution >= 4 is 5.97 Å². The first kappa shape index (κ1) is 12.5. The summed E-state index contributed by atoms with van der Waals surface area (Å²) < 4.78 is 42.5. The molecule has 0 fully saturated rings. The standard InChI is InChI=1S/C9H11F3N2O2/c1-3-16-8(15)7-4-5-13-14(7)6(2)9(10,11)12/h4-6H,3H2,1-2H3. The van der Waals surface area contributed by atoms with Crippen LogP contribution in [-0.4, -0.2) is 28.5 Å². The SMILES string of the molecule is CCOC(=O)c1ccnn1C(C)C(F)(F)F. The van der Waals surface area contributed by atoms with Crippen molar-refractivity contribution in [3.63, 3.8) is 0 Å². The number of halogens is 3. The fourth-order valence-corrected chi connectivity index (χ4v) is 1.13. The highest BCUT2D eigenvalue weighted by Crippen LogP contribution is 2.30. The Morgan fingerprint density at radius 2 is 2.25 bits per heavy atom. The summed E-state index contributed by atoms with van der Waals surface area (Å²) >= 11 is 0. The van der Waals surface area contributed by atoms with Crippen molar-refractivity contribution in [3.05, 3.63) is 18.0 Å². The van der Waals surface area contributed by atoms with Crippen LogP contribution in [0.2, 0.25) is 0 Å². The lowest BCUT2D eigenvalue weighted by molar-refractivity contribution is -0.165. The molecule has 1 heterocycles. The first-order chi connectivity index (χ1) is 7.38. The number of esters is 1. The maximum absolute atomic E-state index is 12.4. The molecule has 1 atom stereocenters. The topological polar surface area (TPSA) is 44.1 Å². The lowest BCUT2D eigenvalue weighted by Crippen LogP contribution is -2.27. The molecule has 0 spiro atoms. The number of alkyl halides is 3. The summed E-state index contributed by atoms with van der Waals surface area (Å²) in [5, 5.41) is 3.48. The van der Waals surface area contributed by atoms with Crippen LogP contribution >= 0.6 is 0 Å². The molecule has 1 aromatic rings. The summed E-state index contributed by atoms with van der Waals surface area (Å²) in [4.78, 5) is 11.3. The lowest BCUT2D eigenvalue weighted by Gasteiger charge is -2.17. The summed E-state index contributed by atoms with van der Waals surface area (Å²) in [6, 6.07) is -0.665. The highest BCUT2D eigenvalue weighted by Gasteiger charge is 2.39. The highest BCUT2D eigenvalue weighted by atomic mass is 19.4. The van der Waals surface area contributed by atoms with Gasteiger partial charge in [0.15, 0.2) is 0 Å². The van der Waals surface area contributed by atoms with E-state index >= 15 is 0 Å². The average molecular weight is 236 g/mol. The molecule has 16 heavy (non-hydrogen) atoms. The predicted octanol–water partition coefficient (Wildman–Crippen LogP) is 2.18. The third-order valence-electron chi connectivity index (χ3n) is 2.00. The normalized spacial score (nSPS) is 13.6. The number of carbonyl (C=O) groups excluding carboxylic acids is 1. The third-order valence-corrected chi connectivity index (χ3v) is 2.00. The van der Waals surface area contributed by atoms with E-state index in [4.69, 9.17) is 0 Å². The number of aromatic nitrogens is 2. The zero-order chi connectivity index (χ0) is 12.3. The molecule has 0 amide bonds. The predicted molar refractivity (Wildman–Crippen MR) is 48.9 cm³/mol. The first-order valence-corrected chi connectivity index (χ1v) is 4.65. The van der Waals surface area contributed by atoms with Crippen LogP contribution in [0, 0.1) is 0 Å². The molecule has 90 valence electrons. The molecule has 0 saturated heterocycles. The Hall–Kier alpha value is -1.53. The fourth-order valence-electron chi connectivity index (χ4n) is 1.13. The van der Waals surface area contributed by atoms with Gasteiger partial charge in [0.2, 0.25) is 0 Å². The van der Waals surface area contributed by atoms with E-state index in [1.165, 1.54) is 6.07 Å². The van der Waals surface area contributed by atoms with Gasteiger partial charge in [0.1, 0.15) is 11.7 Å². The van der Waals surface area contributed by atoms with Crippen molar-refractivity contribution < 1.29 is 22.7 Å². The van der Waals surface area contributed by atoms with Crippen LogP contribution in [-0.2, 0) is 4.74 Å². The monoisotopic (exact) mass is 236 g/mol. The first-order valence-electron chi connectivity index (χ1n) is 4.65. The molecular formula is C9H11F3N2O2. The van der Waals surface area contributed by atoms with Gasteiger partial charge in [-0.15, -0.1) is 0 Å². The minimum Gasteiger partial charge on any atom is -0.461 e. The van der Waals surface area contributed by atoms with Gasteiger partial charge in [0.25, 0.3) is 0 Å². The van der Waals surface area contributed by atoms with Crippen LogP contribution in [0.1, 0.15) is 30.4 Å². The van der Waals surface area contributed by atoms with Gasteiger partial charge in [0, 0.05) is 6.20 Å². The molecule has 7 heteroatoms. The van der Waals surface area contributed by atoms with Crippen LogP contribution in [0.25, 0.3) is 0 Å². The Morgan fingerprint density at radius 3 is 2.75 bits per heavy atom.